The summed E-state index contributed by atoms with van der Waals surface area (Å²) in [5.74, 6) is 0.710. The lowest BCUT2D eigenvalue weighted by Crippen LogP contribution is -2.40. The lowest BCUT2D eigenvalue weighted by molar-refractivity contribution is 0.0810. The van der Waals surface area contributed by atoms with Crippen molar-refractivity contribution in [2.75, 3.05) is 33.4 Å². The van der Waals surface area contributed by atoms with Crippen molar-refractivity contribution in [2.45, 2.75) is 18.9 Å². The Morgan fingerprint density at radius 2 is 2.16 bits per heavy atom. The molecule has 1 heterocycles. The Balaban J connectivity index is 1.99. The number of methoxy groups -OCH3 is 1. The van der Waals surface area contributed by atoms with Crippen molar-refractivity contribution in [1.82, 2.24) is 4.90 Å². The quantitative estimate of drug-likeness (QED) is 0.904. The number of nitrogens with two attached hydrogens (primary N) is 1. The average Bonchev–Trinajstić information content (AvgIpc) is 2.42. The minimum Gasteiger partial charge on any atom is -0.384 e. The van der Waals surface area contributed by atoms with E-state index in [9.17, 15) is 0 Å². The van der Waals surface area contributed by atoms with Gasteiger partial charge in [-0.2, -0.15) is 0 Å². The first kappa shape index (κ1) is 15.0. The first-order valence-electron chi connectivity index (χ1n) is 6.93. The Morgan fingerprint density at radius 3 is 2.74 bits per heavy atom. The highest BCUT2D eigenvalue weighted by Gasteiger charge is 2.25. The molecule has 0 amide bonds. The molecule has 0 saturated carbocycles. The second-order valence-electron chi connectivity index (χ2n) is 5.24. The molecule has 2 N–H and O–H groups in total. The summed E-state index contributed by atoms with van der Waals surface area (Å²) < 4.78 is 6.38. The van der Waals surface area contributed by atoms with E-state index in [0.717, 1.165) is 24.2 Å². The van der Waals surface area contributed by atoms with E-state index in [1.54, 1.807) is 7.11 Å². The van der Waals surface area contributed by atoms with E-state index in [1.807, 2.05) is 0 Å². The van der Waals surface area contributed by atoms with Crippen LogP contribution in [0.3, 0.4) is 0 Å². The molecule has 1 aliphatic heterocycles. The van der Waals surface area contributed by atoms with Crippen molar-refractivity contribution in [3.05, 3.63) is 34.3 Å². The number of rotatable bonds is 5. The number of benzene rings is 1. The topological polar surface area (TPSA) is 38.5 Å². The molecule has 0 radical (unpaired) electrons. The average molecular weight is 327 g/mol. The second kappa shape index (κ2) is 7.39. The summed E-state index contributed by atoms with van der Waals surface area (Å²) in [4.78, 5) is 2.51. The lowest BCUT2D eigenvalue weighted by atomic mass is 9.95. The highest BCUT2D eigenvalue weighted by atomic mass is 79.9. The van der Waals surface area contributed by atoms with Gasteiger partial charge in [0.25, 0.3) is 0 Å². The molecule has 106 valence electrons. The molecular formula is C15H23BrN2O. The van der Waals surface area contributed by atoms with Crippen LogP contribution in [0.5, 0.6) is 0 Å². The predicted octanol–water partition coefficient (Wildman–Crippen LogP) is 2.81. The van der Waals surface area contributed by atoms with Gasteiger partial charge in [0.05, 0.1) is 0 Å². The van der Waals surface area contributed by atoms with Crippen LogP contribution in [0.2, 0.25) is 0 Å². The molecule has 4 heteroatoms. The van der Waals surface area contributed by atoms with Gasteiger partial charge in [-0.3, -0.25) is 4.90 Å². The summed E-state index contributed by atoms with van der Waals surface area (Å²) in [5.41, 5.74) is 7.30. The monoisotopic (exact) mass is 326 g/mol. The number of hydrogen-bond donors (Lipinski definition) is 1. The molecule has 0 aliphatic carbocycles. The summed E-state index contributed by atoms with van der Waals surface area (Å²) in [7, 11) is 1.79. The number of nitrogens with zero attached hydrogens (tertiary/aromatic N) is 1. The molecule has 0 aromatic heterocycles. The predicted molar refractivity (Wildman–Crippen MR) is 82.1 cm³/mol. The summed E-state index contributed by atoms with van der Waals surface area (Å²) in [5, 5.41) is 0. The van der Waals surface area contributed by atoms with E-state index in [1.165, 1.54) is 18.4 Å². The van der Waals surface area contributed by atoms with Crippen LogP contribution >= 0.6 is 15.9 Å². The molecule has 1 aliphatic rings. The highest BCUT2D eigenvalue weighted by Crippen LogP contribution is 2.27. The van der Waals surface area contributed by atoms with Gasteiger partial charge >= 0.3 is 0 Å². The van der Waals surface area contributed by atoms with E-state index >= 15 is 0 Å². The SMILES string of the molecule is COCC1CCN(C(CN)c2cccc(Br)c2)CC1. The van der Waals surface area contributed by atoms with E-state index < -0.39 is 0 Å². The maximum Gasteiger partial charge on any atom is 0.0491 e. The zero-order valence-electron chi connectivity index (χ0n) is 11.5. The summed E-state index contributed by atoms with van der Waals surface area (Å²) in [6.07, 6.45) is 2.41. The van der Waals surface area contributed by atoms with Gasteiger partial charge in [-0.15, -0.1) is 0 Å². The zero-order valence-corrected chi connectivity index (χ0v) is 13.1. The third-order valence-corrected chi connectivity index (χ3v) is 4.44. The molecule has 1 aromatic rings. The zero-order chi connectivity index (χ0) is 13.7. The van der Waals surface area contributed by atoms with Crippen LogP contribution < -0.4 is 5.73 Å². The fourth-order valence-corrected chi connectivity index (χ4v) is 3.29. The third kappa shape index (κ3) is 4.02. The van der Waals surface area contributed by atoms with Gasteiger partial charge in [0.15, 0.2) is 0 Å². The Hall–Kier alpha value is -0.420. The molecule has 2 rings (SSSR count). The number of halogens is 1. The Kier molecular flexibility index (Phi) is 5.82. The number of hydrogen-bond acceptors (Lipinski definition) is 3. The molecule has 1 fully saturated rings. The lowest BCUT2D eigenvalue weighted by Gasteiger charge is -2.37. The largest absolute Gasteiger partial charge is 0.384 e. The Labute approximate surface area is 124 Å². The maximum absolute atomic E-state index is 6.00. The van der Waals surface area contributed by atoms with Crippen molar-refractivity contribution >= 4 is 15.9 Å². The van der Waals surface area contributed by atoms with Crippen LogP contribution in [0.4, 0.5) is 0 Å². The van der Waals surface area contributed by atoms with Gasteiger partial charge in [0.1, 0.15) is 0 Å². The molecule has 1 aromatic carbocycles. The van der Waals surface area contributed by atoms with Gasteiger partial charge in [-0.1, -0.05) is 28.1 Å². The van der Waals surface area contributed by atoms with Crippen LogP contribution in [0.1, 0.15) is 24.4 Å². The van der Waals surface area contributed by atoms with Crippen molar-refractivity contribution in [3.63, 3.8) is 0 Å². The van der Waals surface area contributed by atoms with Gasteiger partial charge in [-0.25, -0.2) is 0 Å². The molecular weight excluding hydrogens is 304 g/mol. The maximum atomic E-state index is 6.00. The van der Waals surface area contributed by atoms with Gasteiger partial charge in [0.2, 0.25) is 0 Å². The number of likely N-dealkylation sites (tertiary alicyclic amines) is 1. The third-order valence-electron chi connectivity index (χ3n) is 3.95. The normalized spacial score (nSPS) is 19.5. The van der Waals surface area contributed by atoms with Gasteiger partial charge in [0, 0.05) is 30.8 Å². The minimum absolute atomic E-state index is 0.334. The summed E-state index contributed by atoms with van der Waals surface area (Å²) in [6, 6.07) is 8.82. The molecule has 19 heavy (non-hydrogen) atoms. The first-order valence-corrected chi connectivity index (χ1v) is 7.72. The van der Waals surface area contributed by atoms with Crippen molar-refractivity contribution in [1.29, 1.82) is 0 Å². The number of ether oxygens (including phenoxy) is 1. The molecule has 3 nitrogen and oxygen atoms in total. The van der Waals surface area contributed by atoms with Crippen molar-refractivity contribution in [2.24, 2.45) is 11.7 Å². The van der Waals surface area contributed by atoms with Gasteiger partial charge < -0.3 is 10.5 Å². The van der Waals surface area contributed by atoms with Gasteiger partial charge in [-0.05, 0) is 49.5 Å². The van der Waals surface area contributed by atoms with E-state index in [0.29, 0.717) is 18.5 Å². The van der Waals surface area contributed by atoms with E-state index in [2.05, 4.69) is 45.1 Å². The first-order chi connectivity index (χ1) is 9.24. The Morgan fingerprint density at radius 1 is 1.42 bits per heavy atom. The summed E-state index contributed by atoms with van der Waals surface area (Å²) in [6.45, 7) is 3.79. The van der Waals surface area contributed by atoms with Crippen LogP contribution in [0.15, 0.2) is 28.7 Å². The second-order valence-corrected chi connectivity index (χ2v) is 6.16. The van der Waals surface area contributed by atoms with E-state index in [-0.39, 0.29) is 0 Å². The Bertz CT molecular complexity index is 391. The number of piperidine rings is 1. The van der Waals surface area contributed by atoms with E-state index in [4.69, 9.17) is 10.5 Å². The minimum atomic E-state index is 0.334. The fraction of sp³-hybridized carbons (Fsp3) is 0.600. The van der Waals surface area contributed by atoms with Crippen molar-refractivity contribution < 1.29 is 4.74 Å². The van der Waals surface area contributed by atoms with Crippen molar-refractivity contribution in [3.8, 4) is 0 Å². The van der Waals surface area contributed by atoms with Crippen LogP contribution in [0, 0.1) is 5.92 Å². The fourth-order valence-electron chi connectivity index (χ4n) is 2.88. The molecule has 0 bridgehead atoms. The summed E-state index contributed by atoms with van der Waals surface area (Å²) >= 11 is 3.54. The smallest absolute Gasteiger partial charge is 0.0491 e. The molecule has 1 atom stereocenters. The molecule has 1 saturated heterocycles. The highest BCUT2D eigenvalue weighted by molar-refractivity contribution is 9.10. The van der Waals surface area contributed by atoms with Crippen LogP contribution in [-0.4, -0.2) is 38.3 Å². The standard InChI is InChI=1S/C15H23BrN2O/c1-19-11-12-5-7-18(8-6-12)15(10-17)13-3-2-4-14(16)9-13/h2-4,9,12,15H,5-8,10-11,17H2,1H3. The van der Waals surface area contributed by atoms with Crippen LogP contribution in [-0.2, 0) is 4.74 Å². The van der Waals surface area contributed by atoms with Crippen LogP contribution in [0.25, 0.3) is 0 Å². The molecule has 0 spiro atoms. The molecule has 1 unspecified atom stereocenters.